The van der Waals surface area contributed by atoms with Crippen LogP contribution in [0.25, 0.3) is 0 Å². The topological polar surface area (TPSA) is 90.7 Å². The van der Waals surface area contributed by atoms with Crippen LogP contribution in [0, 0.1) is 27.7 Å². The SMILES string of the molecule is Cc1cc(C)c(NC(=O)COC(=O)COc2cc(C)on2)c(C)c1. The molecule has 0 aliphatic rings. The van der Waals surface area contributed by atoms with Crippen LogP contribution in [0.15, 0.2) is 22.7 Å². The van der Waals surface area contributed by atoms with Crippen molar-refractivity contribution in [1.29, 1.82) is 0 Å². The molecule has 1 aromatic heterocycles. The van der Waals surface area contributed by atoms with Gasteiger partial charge >= 0.3 is 5.97 Å². The van der Waals surface area contributed by atoms with Gasteiger partial charge in [0.2, 0.25) is 0 Å². The predicted octanol–water partition coefficient (Wildman–Crippen LogP) is 2.47. The van der Waals surface area contributed by atoms with Crippen molar-refractivity contribution in [3.63, 3.8) is 0 Å². The Morgan fingerprint density at radius 1 is 1.08 bits per heavy atom. The third-order valence-electron chi connectivity index (χ3n) is 3.25. The molecular weight excluding hydrogens is 312 g/mol. The minimum atomic E-state index is -0.664. The number of amides is 1. The number of aryl methyl sites for hydroxylation is 4. The summed E-state index contributed by atoms with van der Waals surface area (Å²) in [6, 6.07) is 5.49. The average Bonchev–Trinajstić information content (AvgIpc) is 2.92. The summed E-state index contributed by atoms with van der Waals surface area (Å²) in [4.78, 5) is 23.5. The smallest absolute Gasteiger partial charge is 0.344 e. The van der Waals surface area contributed by atoms with Gasteiger partial charge in [0.25, 0.3) is 11.8 Å². The van der Waals surface area contributed by atoms with E-state index in [0.717, 1.165) is 22.4 Å². The Hall–Kier alpha value is -2.83. The van der Waals surface area contributed by atoms with Crippen LogP contribution in [0.2, 0.25) is 0 Å². The van der Waals surface area contributed by atoms with Crippen LogP contribution in [0.5, 0.6) is 5.88 Å². The number of esters is 1. The molecule has 0 saturated heterocycles. The maximum atomic E-state index is 11.9. The number of nitrogens with one attached hydrogen (secondary N) is 1. The normalized spacial score (nSPS) is 10.3. The van der Waals surface area contributed by atoms with Gasteiger partial charge in [-0.05, 0) is 44.0 Å². The molecule has 1 aromatic carbocycles. The molecule has 128 valence electrons. The second kappa shape index (κ2) is 7.63. The van der Waals surface area contributed by atoms with Gasteiger partial charge in [-0.1, -0.05) is 17.7 Å². The predicted molar refractivity (Wildman–Crippen MR) is 87.0 cm³/mol. The van der Waals surface area contributed by atoms with E-state index in [0.29, 0.717) is 5.76 Å². The summed E-state index contributed by atoms with van der Waals surface area (Å²) in [5, 5.41) is 6.33. The van der Waals surface area contributed by atoms with E-state index < -0.39 is 11.9 Å². The number of carbonyl (C=O) groups is 2. The molecule has 1 amide bonds. The number of hydrogen-bond acceptors (Lipinski definition) is 6. The fourth-order valence-corrected chi connectivity index (χ4v) is 2.28. The number of nitrogens with zero attached hydrogens (tertiary/aromatic N) is 1. The van der Waals surface area contributed by atoms with Gasteiger partial charge in [0.05, 0.1) is 0 Å². The lowest BCUT2D eigenvalue weighted by molar-refractivity contribution is -0.149. The van der Waals surface area contributed by atoms with Gasteiger partial charge < -0.3 is 19.3 Å². The lowest BCUT2D eigenvalue weighted by Gasteiger charge is -2.13. The fourth-order valence-electron chi connectivity index (χ4n) is 2.28. The Morgan fingerprint density at radius 3 is 2.33 bits per heavy atom. The summed E-state index contributed by atoms with van der Waals surface area (Å²) in [5.74, 6) is -0.305. The molecule has 2 aromatic rings. The number of aromatic nitrogens is 1. The van der Waals surface area contributed by atoms with Crippen molar-refractivity contribution >= 4 is 17.6 Å². The van der Waals surface area contributed by atoms with E-state index in [2.05, 4.69) is 10.5 Å². The molecule has 0 unspecified atom stereocenters. The third kappa shape index (κ3) is 4.84. The molecule has 0 bridgehead atoms. The zero-order chi connectivity index (χ0) is 17.7. The molecule has 0 saturated carbocycles. The Morgan fingerprint density at radius 2 is 1.75 bits per heavy atom. The molecule has 0 radical (unpaired) electrons. The van der Waals surface area contributed by atoms with Crippen LogP contribution < -0.4 is 10.1 Å². The average molecular weight is 332 g/mol. The van der Waals surface area contributed by atoms with Crippen molar-refractivity contribution in [2.24, 2.45) is 0 Å². The van der Waals surface area contributed by atoms with E-state index in [1.165, 1.54) is 0 Å². The van der Waals surface area contributed by atoms with Crippen molar-refractivity contribution in [3.8, 4) is 5.88 Å². The van der Waals surface area contributed by atoms with Gasteiger partial charge in [0, 0.05) is 11.8 Å². The number of rotatable bonds is 6. The quantitative estimate of drug-likeness (QED) is 0.817. The summed E-state index contributed by atoms with van der Waals surface area (Å²) < 4.78 is 14.8. The zero-order valence-corrected chi connectivity index (χ0v) is 14.1. The second-order valence-corrected chi connectivity index (χ2v) is 5.55. The number of hydrogen-bond donors (Lipinski definition) is 1. The second-order valence-electron chi connectivity index (χ2n) is 5.55. The van der Waals surface area contributed by atoms with Crippen molar-refractivity contribution in [3.05, 3.63) is 40.6 Å². The molecule has 7 heteroatoms. The molecule has 2 rings (SSSR count). The highest BCUT2D eigenvalue weighted by Crippen LogP contribution is 2.21. The molecule has 0 atom stereocenters. The van der Waals surface area contributed by atoms with Crippen molar-refractivity contribution in [2.45, 2.75) is 27.7 Å². The summed E-state index contributed by atoms with van der Waals surface area (Å²) in [6.07, 6.45) is 0. The van der Waals surface area contributed by atoms with Crippen LogP contribution in [0.3, 0.4) is 0 Å². The highest BCUT2D eigenvalue weighted by molar-refractivity contribution is 5.94. The minimum Gasteiger partial charge on any atom is -0.463 e. The van der Waals surface area contributed by atoms with E-state index in [1.54, 1.807) is 13.0 Å². The number of ether oxygens (including phenoxy) is 2. The molecule has 0 aliphatic carbocycles. The first kappa shape index (κ1) is 17.5. The van der Waals surface area contributed by atoms with E-state index in [1.807, 2.05) is 32.9 Å². The summed E-state index contributed by atoms with van der Waals surface area (Å²) >= 11 is 0. The summed E-state index contributed by atoms with van der Waals surface area (Å²) in [7, 11) is 0. The highest BCUT2D eigenvalue weighted by atomic mass is 16.6. The van der Waals surface area contributed by atoms with Crippen LogP contribution >= 0.6 is 0 Å². The maximum Gasteiger partial charge on any atom is 0.344 e. The number of carbonyl (C=O) groups excluding carboxylic acids is 2. The molecule has 24 heavy (non-hydrogen) atoms. The van der Waals surface area contributed by atoms with E-state index in [9.17, 15) is 9.59 Å². The van der Waals surface area contributed by atoms with Crippen molar-refractivity contribution in [2.75, 3.05) is 18.5 Å². The van der Waals surface area contributed by atoms with Crippen LogP contribution in [0.4, 0.5) is 5.69 Å². The fraction of sp³-hybridized carbons (Fsp3) is 0.353. The van der Waals surface area contributed by atoms with E-state index in [-0.39, 0.29) is 19.1 Å². The van der Waals surface area contributed by atoms with Crippen LogP contribution in [-0.4, -0.2) is 30.2 Å². The van der Waals surface area contributed by atoms with E-state index in [4.69, 9.17) is 14.0 Å². The van der Waals surface area contributed by atoms with Crippen molar-refractivity contribution in [1.82, 2.24) is 5.16 Å². The zero-order valence-electron chi connectivity index (χ0n) is 14.1. The monoisotopic (exact) mass is 332 g/mol. The Balaban J connectivity index is 1.79. The van der Waals surface area contributed by atoms with Crippen LogP contribution in [0.1, 0.15) is 22.5 Å². The lowest BCUT2D eigenvalue weighted by atomic mass is 10.1. The van der Waals surface area contributed by atoms with Gasteiger partial charge in [-0.2, -0.15) is 0 Å². The first-order chi connectivity index (χ1) is 11.3. The largest absolute Gasteiger partial charge is 0.463 e. The molecule has 1 N–H and O–H groups in total. The number of benzene rings is 1. The summed E-state index contributed by atoms with van der Waals surface area (Å²) in [6.45, 7) is 6.79. The Labute approximate surface area is 139 Å². The minimum absolute atomic E-state index is 0.194. The maximum absolute atomic E-state index is 11.9. The van der Waals surface area contributed by atoms with E-state index >= 15 is 0 Å². The Kier molecular flexibility index (Phi) is 5.57. The third-order valence-corrected chi connectivity index (χ3v) is 3.25. The standard InChI is InChI=1S/C17H20N2O5/c1-10-5-11(2)17(12(3)6-10)18-14(20)8-23-16(21)9-22-15-7-13(4)24-19-15/h5-7H,8-9H2,1-4H3,(H,18,20). The van der Waals surface area contributed by atoms with Gasteiger partial charge in [-0.15, -0.1) is 0 Å². The van der Waals surface area contributed by atoms with Gasteiger partial charge in [-0.25, -0.2) is 4.79 Å². The molecule has 1 heterocycles. The molecule has 7 nitrogen and oxygen atoms in total. The first-order valence-electron chi connectivity index (χ1n) is 7.44. The van der Waals surface area contributed by atoms with Crippen molar-refractivity contribution < 1.29 is 23.6 Å². The lowest BCUT2D eigenvalue weighted by Crippen LogP contribution is -2.24. The first-order valence-corrected chi connectivity index (χ1v) is 7.44. The number of anilines is 1. The molecular formula is C17H20N2O5. The van der Waals surface area contributed by atoms with Gasteiger partial charge in [-0.3, -0.25) is 4.79 Å². The molecule has 0 aliphatic heterocycles. The Bertz CT molecular complexity index is 728. The molecule has 0 spiro atoms. The van der Waals surface area contributed by atoms with Gasteiger partial charge in [0.15, 0.2) is 13.2 Å². The van der Waals surface area contributed by atoms with Crippen LogP contribution in [-0.2, 0) is 14.3 Å². The summed E-state index contributed by atoms with van der Waals surface area (Å²) in [5.41, 5.74) is 3.76. The molecule has 0 fully saturated rings. The van der Waals surface area contributed by atoms with Gasteiger partial charge in [0.1, 0.15) is 5.76 Å². The highest BCUT2D eigenvalue weighted by Gasteiger charge is 2.12.